The zero-order valence-corrected chi connectivity index (χ0v) is 15.7. The van der Waals surface area contributed by atoms with Crippen molar-refractivity contribution in [2.45, 2.75) is 13.3 Å². The van der Waals surface area contributed by atoms with Gasteiger partial charge in [-0.2, -0.15) is 0 Å². The molecular weight excluding hydrogens is 323 g/mol. The number of allylic oxidation sites excluding steroid dienone is 5. The number of aryl methyl sites for hydroxylation is 1. The fourth-order valence-electron chi connectivity index (χ4n) is 4.06. The molecule has 0 nitrogen and oxygen atoms in total. The van der Waals surface area contributed by atoms with E-state index < -0.39 is 0 Å². The van der Waals surface area contributed by atoms with E-state index in [2.05, 4.69) is 98.5 Å². The van der Waals surface area contributed by atoms with Gasteiger partial charge in [0.1, 0.15) is 0 Å². The lowest BCUT2D eigenvalue weighted by atomic mass is 9.38. The van der Waals surface area contributed by atoms with Crippen molar-refractivity contribution in [1.82, 2.24) is 0 Å². The Bertz CT molecular complexity index is 1030. The van der Waals surface area contributed by atoms with Crippen LogP contribution in [0.5, 0.6) is 0 Å². The second kappa shape index (κ2) is 7.67. The zero-order chi connectivity index (χ0) is 18.6. The highest BCUT2D eigenvalue weighted by Crippen LogP contribution is 2.27. The summed E-state index contributed by atoms with van der Waals surface area (Å²) in [5.74, 6) is 0. The van der Waals surface area contributed by atoms with Crippen molar-refractivity contribution in [3.05, 3.63) is 120 Å². The highest BCUT2D eigenvalue weighted by Gasteiger charge is 2.32. The van der Waals surface area contributed by atoms with Crippen LogP contribution in [-0.2, 0) is 6.42 Å². The summed E-state index contributed by atoms with van der Waals surface area (Å²) >= 11 is 0. The van der Waals surface area contributed by atoms with Crippen LogP contribution in [0.1, 0.15) is 11.1 Å². The third-order valence-corrected chi connectivity index (χ3v) is 5.37. The Balaban J connectivity index is 1.84. The maximum absolute atomic E-state index is 3.78. The predicted molar refractivity (Wildman–Crippen MR) is 119 cm³/mol. The Kier molecular flexibility index (Phi) is 4.94. The third-order valence-electron chi connectivity index (χ3n) is 5.37. The maximum atomic E-state index is 3.78. The van der Waals surface area contributed by atoms with Gasteiger partial charge in [-0.3, -0.25) is 0 Å². The molecule has 27 heavy (non-hydrogen) atoms. The Morgan fingerprint density at radius 3 is 2.44 bits per heavy atom. The second-order valence-electron chi connectivity index (χ2n) is 7.11. The summed E-state index contributed by atoms with van der Waals surface area (Å²) in [4.78, 5) is 0. The number of rotatable bonds is 4. The van der Waals surface area contributed by atoms with E-state index in [9.17, 15) is 0 Å². The minimum atomic E-state index is 0.319. The summed E-state index contributed by atoms with van der Waals surface area (Å²) in [6.45, 7) is 6.28. The van der Waals surface area contributed by atoms with Crippen molar-refractivity contribution >= 4 is 17.6 Å². The van der Waals surface area contributed by atoms with Crippen LogP contribution in [0.15, 0.2) is 109 Å². The van der Waals surface area contributed by atoms with Crippen LogP contribution in [-0.4, -0.2) is 6.71 Å². The van der Waals surface area contributed by atoms with Crippen LogP contribution in [0.4, 0.5) is 0 Å². The van der Waals surface area contributed by atoms with Crippen LogP contribution >= 0.6 is 0 Å². The number of benzene rings is 3. The van der Waals surface area contributed by atoms with E-state index in [1.807, 2.05) is 12.2 Å². The van der Waals surface area contributed by atoms with E-state index in [1.165, 1.54) is 38.7 Å². The summed E-state index contributed by atoms with van der Waals surface area (Å²) in [5.41, 5.74) is 9.59. The molecular formula is C26H23B. The van der Waals surface area contributed by atoms with Gasteiger partial charge in [0, 0.05) is 0 Å². The standard InChI is InChI=1S/C26H23B/c1-3-4-6-14-24-18-22-17-16-21(25-15-10-9-11-20(25)2)19-26(22)27(24)23-12-7-5-8-13-23/h3-17,19H,1,18H2,2H3/b6-4-,24-14+. The van der Waals surface area contributed by atoms with Crippen molar-refractivity contribution in [2.24, 2.45) is 0 Å². The van der Waals surface area contributed by atoms with Crippen molar-refractivity contribution in [3.63, 3.8) is 0 Å². The summed E-state index contributed by atoms with van der Waals surface area (Å²) in [7, 11) is 0. The third kappa shape index (κ3) is 3.46. The Morgan fingerprint density at radius 1 is 0.889 bits per heavy atom. The maximum Gasteiger partial charge on any atom is 0.237 e. The highest BCUT2D eigenvalue weighted by molar-refractivity contribution is 6.92. The van der Waals surface area contributed by atoms with E-state index >= 15 is 0 Å². The molecule has 0 atom stereocenters. The molecule has 0 N–H and O–H groups in total. The molecule has 1 heterocycles. The monoisotopic (exact) mass is 346 g/mol. The lowest BCUT2D eigenvalue weighted by Gasteiger charge is -2.13. The number of hydrogen-bond acceptors (Lipinski definition) is 0. The van der Waals surface area contributed by atoms with Crippen LogP contribution in [0.2, 0.25) is 0 Å². The molecule has 4 rings (SSSR count). The van der Waals surface area contributed by atoms with Crippen molar-refractivity contribution in [2.75, 3.05) is 0 Å². The Morgan fingerprint density at radius 2 is 1.67 bits per heavy atom. The molecule has 0 fully saturated rings. The molecule has 0 radical (unpaired) electrons. The van der Waals surface area contributed by atoms with Gasteiger partial charge in [0.05, 0.1) is 0 Å². The molecule has 0 saturated carbocycles. The molecule has 0 aliphatic carbocycles. The smallest absolute Gasteiger partial charge is 0.0991 e. The van der Waals surface area contributed by atoms with Crippen LogP contribution in [0, 0.1) is 6.92 Å². The first kappa shape index (κ1) is 17.4. The van der Waals surface area contributed by atoms with Gasteiger partial charge in [0.15, 0.2) is 0 Å². The van der Waals surface area contributed by atoms with Gasteiger partial charge in [-0.25, -0.2) is 0 Å². The summed E-state index contributed by atoms with van der Waals surface area (Å²) < 4.78 is 0. The summed E-state index contributed by atoms with van der Waals surface area (Å²) in [6.07, 6.45) is 9.19. The minimum Gasteiger partial charge on any atom is -0.0991 e. The van der Waals surface area contributed by atoms with Crippen molar-refractivity contribution < 1.29 is 0 Å². The van der Waals surface area contributed by atoms with Crippen LogP contribution in [0.3, 0.4) is 0 Å². The molecule has 0 aromatic heterocycles. The van der Waals surface area contributed by atoms with E-state index in [4.69, 9.17) is 0 Å². The summed E-state index contributed by atoms with van der Waals surface area (Å²) in [6, 6.07) is 26.4. The largest absolute Gasteiger partial charge is 0.237 e. The Hall–Kier alpha value is -3.06. The van der Waals surface area contributed by atoms with E-state index in [0.29, 0.717) is 6.71 Å². The average molecular weight is 346 g/mol. The van der Waals surface area contributed by atoms with Crippen molar-refractivity contribution in [3.8, 4) is 11.1 Å². The van der Waals surface area contributed by atoms with E-state index in [-0.39, 0.29) is 0 Å². The van der Waals surface area contributed by atoms with E-state index in [0.717, 1.165) is 6.42 Å². The molecule has 0 bridgehead atoms. The SMILES string of the molecule is C=C/C=C\C=C1/Cc2ccc(-c3ccccc3C)cc2B1c1ccccc1. The first-order valence-corrected chi connectivity index (χ1v) is 9.50. The van der Waals surface area contributed by atoms with Gasteiger partial charge in [0.2, 0.25) is 6.71 Å². The molecule has 0 amide bonds. The van der Waals surface area contributed by atoms with Gasteiger partial charge in [-0.1, -0.05) is 120 Å². The van der Waals surface area contributed by atoms with Crippen molar-refractivity contribution in [1.29, 1.82) is 0 Å². The molecule has 3 aromatic carbocycles. The first-order valence-electron chi connectivity index (χ1n) is 9.50. The summed E-state index contributed by atoms with van der Waals surface area (Å²) in [5, 5.41) is 0. The molecule has 0 saturated heterocycles. The molecule has 0 spiro atoms. The lowest BCUT2D eigenvalue weighted by molar-refractivity contribution is 1.29. The fourth-order valence-corrected chi connectivity index (χ4v) is 4.06. The van der Waals surface area contributed by atoms with Gasteiger partial charge < -0.3 is 0 Å². The number of fused-ring (bicyclic) bond motifs is 1. The second-order valence-corrected chi connectivity index (χ2v) is 7.11. The topological polar surface area (TPSA) is 0 Å². The minimum absolute atomic E-state index is 0.319. The first-order chi connectivity index (χ1) is 13.3. The molecule has 3 aromatic rings. The fraction of sp³-hybridized carbons (Fsp3) is 0.0769. The van der Waals surface area contributed by atoms with Gasteiger partial charge in [0.25, 0.3) is 0 Å². The van der Waals surface area contributed by atoms with Crippen LogP contribution in [0.25, 0.3) is 11.1 Å². The van der Waals surface area contributed by atoms with E-state index in [1.54, 1.807) is 0 Å². The normalized spacial score (nSPS) is 14.7. The average Bonchev–Trinajstić information content (AvgIpc) is 3.06. The molecule has 1 aliphatic rings. The van der Waals surface area contributed by atoms with Gasteiger partial charge >= 0.3 is 0 Å². The highest BCUT2D eigenvalue weighted by atomic mass is 14.2. The zero-order valence-electron chi connectivity index (χ0n) is 15.7. The van der Waals surface area contributed by atoms with Crippen LogP contribution < -0.4 is 10.9 Å². The quantitative estimate of drug-likeness (QED) is 0.459. The van der Waals surface area contributed by atoms with Gasteiger partial charge in [-0.15, -0.1) is 0 Å². The molecule has 1 aliphatic heterocycles. The Labute approximate surface area is 162 Å². The predicted octanol–water partition coefficient (Wildman–Crippen LogP) is 5.03. The lowest BCUT2D eigenvalue weighted by Crippen LogP contribution is -2.41. The molecule has 0 unspecified atom stereocenters. The molecule has 1 heteroatoms. The molecule has 130 valence electrons. The number of hydrogen-bond donors (Lipinski definition) is 0. The van der Waals surface area contributed by atoms with Gasteiger partial charge in [-0.05, 0) is 35.6 Å².